The second-order valence-corrected chi connectivity index (χ2v) is 6.98. The SMILES string of the molecule is CCCCOc1nc(N)c2[nH]c(=O)n(CCCN3CCCCCC3)c2n1. The maximum Gasteiger partial charge on any atom is 0.327 e. The van der Waals surface area contributed by atoms with Gasteiger partial charge in [0.15, 0.2) is 11.5 Å². The minimum absolute atomic E-state index is 0.192. The Hall–Kier alpha value is -2.09. The Morgan fingerprint density at radius 2 is 1.88 bits per heavy atom. The quantitative estimate of drug-likeness (QED) is 0.698. The molecule has 0 aliphatic carbocycles. The van der Waals surface area contributed by atoms with E-state index in [1.54, 1.807) is 4.57 Å². The molecular weight excluding hydrogens is 332 g/mol. The van der Waals surface area contributed by atoms with Gasteiger partial charge in [0.2, 0.25) is 0 Å². The lowest BCUT2D eigenvalue weighted by atomic mass is 10.2. The van der Waals surface area contributed by atoms with Crippen molar-refractivity contribution in [1.29, 1.82) is 0 Å². The zero-order chi connectivity index (χ0) is 18.4. The second kappa shape index (κ2) is 9.02. The van der Waals surface area contributed by atoms with Gasteiger partial charge in [-0.25, -0.2) is 4.79 Å². The van der Waals surface area contributed by atoms with Crippen LogP contribution in [-0.2, 0) is 6.54 Å². The molecule has 26 heavy (non-hydrogen) atoms. The van der Waals surface area contributed by atoms with E-state index in [0.717, 1.165) is 38.9 Å². The summed E-state index contributed by atoms with van der Waals surface area (Å²) in [5.74, 6) is 0.255. The van der Waals surface area contributed by atoms with Crippen LogP contribution in [0.4, 0.5) is 5.82 Å². The molecule has 8 nitrogen and oxygen atoms in total. The molecule has 0 atom stereocenters. The first-order chi connectivity index (χ1) is 12.7. The zero-order valence-corrected chi connectivity index (χ0v) is 15.7. The van der Waals surface area contributed by atoms with Gasteiger partial charge in [0.1, 0.15) is 5.52 Å². The lowest BCUT2D eigenvalue weighted by Crippen LogP contribution is -2.27. The number of aromatic nitrogens is 4. The molecule has 0 bridgehead atoms. The second-order valence-electron chi connectivity index (χ2n) is 6.98. The number of aryl methyl sites for hydroxylation is 1. The van der Waals surface area contributed by atoms with Crippen LogP contribution in [0.25, 0.3) is 11.2 Å². The summed E-state index contributed by atoms with van der Waals surface area (Å²) in [6.07, 6.45) is 8.07. The molecule has 0 aromatic carbocycles. The number of nitrogen functional groups attached to an aromatic ring is 1. The topological polar surface area (TPSA) is 102 Å². The average Bonchev–Trinajstić information content (AvgIpc) is 2.79. The Kier molecular flexibility index (Phi) is 6.49. The van der Waals surface area contributed by atoms with Crippen LogP contribution in [0.15, 0.2) is 4.79 Å². The predicted molar refractivity (Wildman–Crippen MR) is 102 cm³/mol. The Bertz CT molecular complexity index is 761. The summed E-state index contributed by atoms with van der Waals surface area (Å²) >= 11 is 0. The molecule has 1 aliphatic rings. The molecule has 2 aromatic rings. The van der Waals surface area contributed by atoms with Crippen molar-refractivity contribution in [3.05, 3.63) is 10.5 Å². The van der Waals surface area contributed by atoms with Crippen LogP contribution in [0.3, 0.4) is 0 Å². The molecular formula is C18H30N6O2. The first-order valence-electron chi connectivity index (χ1n) is 9.80. The minimum Gasteiger partial charge on any atom is -0.463 e. The van der Waals surface area contributed by atoms with Crippen molar-refractivity contribution < 1.29 is 4.74 Å². The third-order valence-corrected chi connectivity index (χ3v) is 4.91. The summed E-state index contributed by atoms with van der Waals surface area (Å²) < 4.78 is 7.22. The van der Waals surface area contributed by atoms with Crippen molar-refractivity contribution >= 4 is 17.0 Å². The van der Waals surface area contributed by atoms with Crippen molar-refractivity contribution in [1.82, 2.24) is 24.4 Å². The van der Waals surface area contributed by atoms with Gasteiger partial charge in [-0.2, -0.15) is 9.97 Å². The van der Waals surface area contributed by atoms with Gasteiger partial charge in [0.05, 0.1) is 6.61 Å². The molecule has 0 unspecified atom stereocenters. The van der Waals surface area contributed by atoms with Crippen molar-refractivity contribution in [2.24, 2.45) is 0 Å². The highest BCUT2D eigenvalue weighted by Crippen LogP contribution is 2.18. The normalized spacial score (nSPS) is 16.0. The van der Waals surface area contributed by atoms with E-state index in [1.165, 1.54) is 25.7 Å². The first-order valence-corrected chi connectivity index (χ1v) is 9.80. The summed E-state index contributed by atoms with van der Waals surface area (Å²) in [7, 11) is 0. The third-order valence-electron chi connectivity index (χ3n) is 4.91. The van der Waals surface area contributed by atoms with Crippen LogP contribution >= 0.6 is 0 Å². The van der Waals surface area contributed by atoms with Crippen LogP contribution in [0.2, 0.25) is 0 Å². The molecule has 3 N–H and O–H groups in total. The molecule has 0 spiro atoms. The third kappa shape index (κ3) is 4.55. The molecule has 8 heteroatoms. The number of hydrogen-bond donors (Lipinski definition) is 2. The minimum atomic E-state index is -0.192. The van der Waals surface area contributed by atoms with Crippen molar-refractivity contribution in [3.63, 3.8) is 0 Å². The number of ether oxygens (including phenoxy) is 1. The van der Waals surface area contributed by atoms with Gasteiger partial charge in [-0.3, -0.25) is 4.57 Å². The van der Waals surface area contributed by atoms with Crippen LogP contribution in [0, 0.1) is 0 Å². The van der Waals surface area contributed by atoms with Crippen LogP contribution in [0.1, 0.15) is 51.9 Å². The van der Waals surface area contributed by atoms with Crippen molar-refractivity contribution in [2.75, 3.05) is 32.0 Å². The zero-order valence-electron chi connectivity index (χ0n) is 15.7. The number of nitrogens with two attached hydrogens (primary N) is 1. The number of hydrogen-bond acceptors (Lipinski definition) is 6. The van der Waals surface area contributed by atoms with Gasteiger partial charge in [0, 0.05) is 6.54 Å². The molecule has 2 aromatic heterocycles. The lowest BCUT2D eigenvalue weighted by Gasteiger charge is -2.19. The summed E-state index contributed by atoms with van der Waals surface area (Å²) in [5, 5.41) is 0. The van der Waals surface area contributed by atoms with E-state index in [4.69, 9.17) is 10.5 Å². The number of rotatable bonds is 8. The number of likely N-dealkylation sites (tertiary alicyclic amines) is 1. The summed E-state index contributed by atoms with van der Waals surface area (Å²) in [5.41, 5.74) is 6.82. The van der Waals surface area contributed by atoms with E-state index in [-0.39, 0.29) is 17.5 Å². The van der Waals surface area contributed by atoms with Gasteiger partial charge < -0.3 is 20.4 Å². The fourth-order valence-corrected chi connectivity index (χ4v) is 3.42. The summed E-state index contributed by atoms with van der Waals surface area (Å²) in [6.45, 7) is 6.57. The van der Waals surface area contributed by atoms with Gasteiger partial charge in [-0.1, -0.05) is 26.2 Å². The van der Waals surface area contributed by atoms with Gasteiger partial charge in [-0.15, -0.1) is 0 Å². The van der Waals surface area contributed by atoms with Crippen molar-refractivity contribution in [3.8, 4) is 6.01 Å². The Morgan fingerprint density at radius 3 is 2.62 bits per heavy atom. The van der Waals surface area contributed by atoms with E-state index < -0.39 is 0 Å². The highest BCUT2D eigenvalue weighted by atomic mass is 16.5. The molecule has 3 rings (SSSR count). The molecule has 3 heterocycles. The fourth-order valence-electron chi connectivity index (χ4n) is 3.42. The predicted octanol–water partition coefficient (Wildman–Crippen LogP) is 2.15. The highest BCUT2D eigenvalue weighted by Gasteiger charge is 2.15. The standard InChI is InChI=1S/C18H30N6O2/c1-2-3-13-26-17-21-15(19)14-16(22-17)24(18(25)20-14)12-8-11-23-9-6-4-5-7-10-23/h2-13H2,1H3,(H,20,25)(H2,19,21,22). The number of H-pyrrole nitrogens is 1. The highest BCUT2D eigenvalue weighted by molar-refractivity contribution is 5.81. The summed E-state index contributed by atoms with van der Waals surface area (Å²) in [4.78, 5) is 26.2. The van der Waals surface area contributed by atoms with Gasteiger partial charge in [0.25, 0.3) is 0 Å². The number of aromatic amines is 1. The summed E-state index contributed by atoms with van der Waals surface area (Å²) in [6, 6.07) is 0.240. The number of fused-ring (bicyclic) bond motifs is 1. The Labute approximate surface area is 153 Å². The number of imidazole rings is 1. The van der Waals surface area contributed by atoms with Crippen molar-refractivity contribution in [2.45, 2.75) is 58.4 Å². The number of nitrogens with one attached hydrogen (secondary N) is 1. The maximum atomic E-state index is 12.3. The van der Waals surface area contributed by atoms with Crippen LogP contribution in [0.5, 0.6) is 6.01 Å². The molecule has 0 amide bonds. The lowest BCUT2D eigenvalue weighted by molar-refractivity contribution is 0.275. The molecule has 0 saturated carbocycles. The first kappa shape index (κ1) is 18.7. The smallest absolute Gasteiger partial charge is 0.327 e. The van der Waals surface area contributed by atoms with E-state index in [9.17, 15) is 4.79 Å². The molecule has 0 radical (unpaired) electrons. The van der Waals surface area contributed by atoms with E-state index in [1.807, 2.05) is 0 Å². The Balaban J connectivity index is 1.70. The maximum absolute atomic E-state index is 12.3. The number of nitrogens with zero attached hydrogens (tertiary/aromatic N) is 4. The van der Waals surface area contributed by atoms with Crippen LogP contribution < -0.4 is 16.2 Å². The van der Waals surface area contributed by atoms with Crippen LogP contribution in [-0.4, -0.2) is 50.7 Å². The van der Waals surface area contributed by atoms with E-state index in [2.05, 4.69) is 26.8 Å². The average molecular weight is 362 g/mol. The fraction of sp³-hybridized carbons (Fsp3) is 0.722. The number of anilines is 1. The van der Waals surface area contributed by atoms with E-state index >= 15 is 0 Å². The molecule has 1 aliphatic heterocycles. The van der Waals surface area contributed by atoms with Gasteiger partial charge in [-0.05, 0) is 45.3 Å². The monoisotopic (exact) mass is 362 g/mol. The number of unbranched alkanes of at least 4 members (excludes halogenated alkanes) is 1. The largest absolute Gasteiger partial charge is 0.463 e. The van der Waals surface area contributed by atoms with E-state index in [0.29, 0.717) is 24.3 Å². The van der Waals surface area contributed by atoms with Gasteiger partial charge >= 0.3 is 11.7 Å². The molecule has 1 fully saturated rings. The Morgan fingerprint density at radius 1 is 1.12 bits per heavy atom. The molecule has 1 saturated heterocycles. The molecule has 144 valence electrons.